The first kappa shape index (κ1) is 11.9. The van der Waals surface area contributed by atoms with Gasteiger partial charge >= 0.3 is 0 Å². The Bertz CT molecular complexity index is 238. The smallest absolute Gasteiger partial charge is 0.223 e. The van der Waals surface area contributed by atoms with Crippen molar-refractivity contribution in [1.29, 1.82) is 0 Å². The van der Waals surface area contributed by atoms with E-state index in [9.17, 15) is 9.90 Å². The number of carbonyl (C=O) groups excluding carboxylic acids is 1. The molecule has 1 saturated carbocycles. The average Bonchev–Trinajstić information content (AvgIpc) is 2.33. The molecule has 1 aliphatic heterocycles. The fourth-order valence-electron chi connectivity index (χ4n) is 2.54. The number of aliphatic hydroxyl groups is 1. The zero-order valence-corrected chi connectivity index (χ0v) is 9.65. The molecule has 2 rings (SSSR count). The van der Waals surface area contributed by atoms with Gasteiger partial charge in [0.05, 0.1) is 12.1 Å². The van der Waals surface area contributed by atoms with Crippen molar-refractivity contribution in [2.45, 2.75) is 50.7 Å². The Kier molecular flexibility index (Phi) is 4.18. The second-order valence-electron chi connectivity index (χ2n) is 4.85. The van der Waals surface area contributed by atoms with E-state index < -0.39 is 0 Å². The monoisotopic (exact) mass is 227 g/mol. The highest BCUT2D eigenvalue weighted by atomic mass is 16.5. The second-order valence-corrected chi connectivity index (χ2v) is 4.85. The van der Waals surface area contributed by atoms with Crippen molar-refractivity contribution in [3.05, 3.63) is 0 Å². The van der Waals surface area contributed by atoms with E-state index in [0.717, 1.165) is 38.5 Å². The number of aliphatic hydroxyl groups excluding tert-OH is 1. The van der Waals surface area contributed by atoms with E-state index in [4.69, 9.17) is 4.74 Å². The SMILES string of the molecule is O=C(N[C@H]1CCCC[C@@H]1O)C1CCOCC1. The van der Waals surface area contributed by atoms with Crippen LogP contribution in [0.4, 0.5) is 0 Å². The van der Waals surface area contributed by atoms with E-state index in [-0.39, 0.29) is 24.0 Å². The van der Waals surface area contributed by atoms with Crippen LogP contribution in [0.25, 0.3) is 0 Å². The minimum Gasteiger partial charge on any atom is -0.391 e. The molecule has 4 nitrogen and oxygen atoms in total. The van der Waals surface area contributed by atoms with Gasteiger partial charge in [-0.05, 0) is 25.7 Å². The molecule has 0 aromatic heterocycles. The lowest BCUT2D eigenvalue weighted by molar-refractivity contribution is -0.129. The molecule has 0 bridgehead atoms. The van der Waals surface area contributed by atoms with Gasteiger partial charge in [0, 0.05) is 19.1 Å². The Morgan fingerprint density at radius 3 is 2.50 bits per heavy atom. The van der Waals surface area contributed by atoms with Crippen LogP contribution in [0.15, 0.2) is 0 Å². The molecule has 1 heterocycles. The first-order valence-corrected chi connectivity index (χ1v) is 6.33. The predicted octanol–water partition coefficient (Wildman–Crippen LogP) is 0.833. The van der Waals surface area contributed by atoms with Crippen LogP contribution < -0.4 is 5.32 Å². The van der Waals surface area contributed by atoms with Crippen molar-refractivity contribution in [2.24, 2.45) is 5.92 Å². The summed E-state index contributed by atoms with van der Waals surface area (Å²) in [5.74, 6) is 0.192. The molecule has 4 heteroatoms. The van der Waals surface area contributed by atoms with Gasteiger partial charge in [0.1, 0.15) is 0 Å². The molecule has 0 aromatic rings. The van der Waals surface area contributed by atoms with Crippen LogP contribution in [0, 0.1) is 5.92 Å². The number of nitrogens with one attached hydrogen (secondary N) is 1. The fraction of sp³-hybridized carbons (Fsp3) is 0.917. The highest BCUT2D eigenvalue weighted by molar-refractivity contribution is 5.79. The predicted molar refractivity (Wildman–Crippen MR) is 59.9 cm³/mol. The summed E-state index contributed by atoms with van der Waals surface area (Å²) in [7, 11) is 0. The van der Waals surface area contributed by atoms with Crippen LogP contribution in [-0.2, 0) is 9.53 Å². The third kappa shape index (κ3) is 2.95. The van der Waals surface area contributed by atoms with E-state index in [1.165, 1.54) is 0 Å². The van der Waals surface area contributed by atoms with Crippen LogP contribution in [-0.4, -0.2) is 36.4 Å². The van der Waals surface area contributed by atoms with Gasteiger partial charge in [0.25, 0.3) is 0 Å². The standard InChI is InChI=1S/C12H21NO3/c14-11-4-2-1-3-10(11)13-12(15)9-5-7-16-8-6-9/h9-11,14H,1-8H2,(H,13,15)/t10-,11-/m0/s1. The minimum atomic E-state index is -0.349. The van der Waals surface area contributed by atoms with Crippen LogP contribution >= 0.6 is 0 Å². The van der Waals surface area contributed by atoms with Gasteiger partial charge in [-0.3, -0.25) is 4.79 Å². The maximum absolute atomic E-state index is 11.9. The molecule has 2 fully saturated rings. The summed E-state index contributed by atoms with van der Waals surface area (Å²) in [5, 5.41) is 12.8. The maximum Gasteiger partial charge on any atom is 0.223 e. The minimum absolute atomic E-state index is 0.0240. The Balaban J connectivity index is 1.80. The van der Waals surface area contributed by atoms with Crippen molar-refractivity contribution >= 4 is 5.91 Å². The van der Waals surface area contributed by atoms with Crippen LogP contribution in [0.1, 0.15) is 38.5 Å². The quantitative estimate of drug-likeness (QED) is 0.734. The molecule has 0 radical (unpaired) electrons. The highest BCUT2D eigenvalue weighted by Crippen LogP contribution is 2.20. The van der Waals surface area contributed by atoms with Crippen LogP contribution in [0.5, 0.6) is 0 Å². The third-order valence-corrected chi connectivity index (χ3v) is 3.65. The Morgan fingerprint density at radius 1 is 1.12 bits per heavy atom. The zero-order valence-electron chi connectivity index (χ0n) is 9.65. The number of ether oxygens (including phenoxy) is 1. The number of amides is 1. The van der Waals surface area contributed by atoms with Crippen LogP contribution in [0.3, 0.4) is 0 Å². The van der Waals surface area contributed by atoms with E-state index in [1.54, 1.807) is 0 Å². The first-order chi connectivity index (χ1) is 7.77. The van der Waals surface area contributed by atoms with Gasteiger partial charge in [-0.15, -0.1) is 0 Å². The van der Waals surface area contributed by atoms with Crippen molar-refractivity contribution in [3.8, 4) is 0 Å². The maximum atomic E-state index is 11.9. The lowest BCUT2D eigenvalue weighted by Gasteiger charge is -2.30. The molecular weight excluding hydrogens is 206 g/mol. The normalized spacial score (nSPS) is 32.3. The molecular formula is C12H21NO3. The molecule has 1 amide bonds. The number of carbonyl (C=O) groups is 1. The molecule has 92 valence electrons. The van der Waals surface area contributed by atoms with E-state index in [0.29, 0.717) is 13.2 Å². The molecule has 2 aliphatic rings. The lowest BCUT2D eigenvalue weighted by atomic mass is 9.91. The summed E-state index contributed by atoms with van der Waals surface area (Å²) in [6.45, 7) is 1.37. The summed E-state index contributed by atoms with van der Waals surface area (Å²) in [6.07, 6.45) is 5.19. The number of hydrogen-bond donors (Lipinski definition) is 2. The zero-order chi connectivity index (χ0) is 11.4. The second kappa shape index (κ2) is 5.64. The van der Waals surface area contributed by atoms with Gasteiger partial charge < -0.3 is 15.2 Å². The largest absolute Gasteiger partial charge is 0.391 e. The topological polar surface area (TPSA) is 58.6 Å². The van der Waals surface area contributed by atoms with E-state index in [2.05, 4.69) is 5.32 Å². The summed E-state index contributed by atoms with van der Waals surface area (Å²) < 4.78 is 5.23. The van der Waals surface area contributed by atoms with Gasteiger partial charge in [0.15, 0.2) is 0 Å². The molecule has 0 spiro atoms. The molecule has 0 unspecified atom stereocenters. The molecule has 1 aliphatic carbocycles. The Morgan fingerprint density at radius 2 is 1.81 bits per heavy atom. The first-order valence-electron chi connectivity index (χ1n) is 6.33. The van der Waals surface area contributed by atoms with Crippen molar-refractivity contribution in [1.82, 2.24) is 5.32 Å². The molecule has 0 aromatic carbocycles. The van der Waals surface area contributed by atoms with Crippen molar-refractivity contribution in [2.75, 3.05) is 13.2 Å². The lowest BCUT2D eigenvalue weighted by Crippen LogP contribution is -2.47. The van der Waals surface area contributed by atoms with Gasteiger partial charge in [-0.2, -0.15) is 0 Å². The van der Waals surface area contributed by atoms with Crippen molar-refractivity contribution in [3.63, 3.8) is 0 Å². The third-order valence-electron chi connectivity index (χ3n) is 3.65. The average molecular weight is 227 g/mol. The van der Waals surface area contributed by atoms with Gasteiger partial charge in [0.2, 0.25) is 5.91 Å². The summed E-state index contributed by atoms with van der Waals surface area (Å²) in [6, 6.07) is -0.0240. The molecule has 16 heavy (non-hydrogen) atoms. The number of rotatable bonds is 2. The molecule has 2 N–H and O–H groups in total. The van der Waals surface area contributed by atoms with Crippen molar-refractivity contribution < 1.29 is 14.6 Å². The molecule has 2 atom stereocenters. The molecule has 1 saturated heterocycles. The van der Waals surface area contributed by atoms with Gasteiger partial charge in [-0.25, -0.2) is 0 Å². The number of hydrogen-bond acceptors (Lipinski definition) is 3. The van der Waals surface area contributed by atoms with Crippen LogP contribution in [0.2, 0.25) is 0 Å². The highest BCUT2D eigenvalue weighted by Gasteiger charge is 2.28. The fourth-order valence-corrected chi connectivity index (χ4v) is 2.54. The van der Waals surface area contributed by atoms with E-state index in [1.807, 2.05) is 0 Å². The summed E-state index contributed by atoms with van der Waals surface area (Å²) >= 11 is 0. The Labute approximate surface area is 96.4 Å². The van der Waals surface area contributed by atoms with Gasteiger partial charge in [-0.1, -0.05) is 12.8 Å². The summed E-state index contributed by atoms with van der Waals surface area (Å²) in [4.78, 5) is 11.9. The van der Waals surface area contributed by atoms with E-state index >= 15 is 0 Å². The Hall–Kier alpha value is -0.610. The summed E-state index contributed by atoms with van der Waals surface area (Å²) in [5.41, 5.74) is 0.